The number of nitrogens with one attached hydrogen (secondary N) is 1. The lowest BCUT2D eigenvalue weighted by molar-refractivity contribution is -0.284. The minimum atomic E-state index is -5.91. The summed E-state index contributed by atoms with van der Waals surface area (Å²) in [7, 11) is 0. The standard InChI is InChI=1S/C29H24F11NO2/c1-16(2)43-23-13-18(8-9-22(23)31)26(15-17-6-4-3-5-7-17,19-10-20(27(32,33)34)12-21(30)11-19)41-25(42)14-24(28(35,36)37)29(38,39)40/h3-13,16,24H,14-15H2,1-2H3,(H,41,42). The molecule has 0 aliphatic carbocycles. The van der Waals surface area contributed by atoms with E-state index in [1.54, 1.807) is 0 Å². The molecule has 43 heavy (non-hydrogen) atoms. The van der Waals surface area contributed by atoms with Gasteiger partial charge >= 0.3 is 18.5 Å². The Morgan fingerprint density at radius 2 is 1.35 bits per heavy atom. The predicted octanol–water partition coefficient (Wildman–Crippen LogP) is 8.50. The molecule has 3 nitrogen and oxygen atoms in total. The number of ether oxygens (including phenoxy) is 1. The fourth-order valence-corrected chi connectivity index (χ4v) is 4.47. The molecule has 0 bridgehead atoms. The zero-order valence-corrected chi connectivity index (χ0v) is 22.4. The van der Waals surface area contributed by atoms with Crippen LogP contribution in [0.1, 0.15) is 42.5 Å². The molecule has 1 N–H and O–H groups in total. The minimum absolute atomic E-state index is 0.125. The van der Waals surface area contributed by atoms with Crippen LogP contribution in [0.2, 0.25) is 0 Å². The Morgan fingerprint density at radius 3 is 1.88 bits per heavy atom. The summed E-state index contributed by atoms with van der Waals surface area (Å²) in [4.78, 5) is 13.1. The fourth-order valence-electron chi connectivity index (χ4n) is 4.47. The van der Waals surface area contributed by atoms with Gasteiger partial charge in [-0.25, -0.2) is 8.78 Å². The van der Waals surface area contributed by atoms with E-state index in [9.17, 15) is 53.1 Å². The summed E-state index contributed by atoms with van der Waals surface area (Å²) in [5.41, 5.74) is -4.78. The lowest BCUT2D eigenvalue weighted by atomic mass is 9.77. The average Bonchev–Trinajstić information content (AvgIpc) is 2.86. The van der Waals surface area contributed by atoms with Gasteiger partial charge in [-0.3, -0.25) is 4.79 Å². The topological polar surface area (TPSA) is 38.3 Å². The Labute approximate surface area is 238 Å². The first-order valence-electron chi connectivity index (χ1n) is 12.6. The number of rotatable bonds is 9. The molecule has 0 aromatic heterocycles. The van der Waals surface area contributed by atoms with Crippen molar-refractivity contribution in [2.24, 2.45) is 5.92 Å². The van der Waals surface area contributed by atoms with Crippen LogP contribution in [0.15, 0.2) is 66.7 Å². The quantitative estimate of drug-likeness (QED) is 0.242. The van der Waals surface area contributed by atoms with Crippen molar-refractivity contribution in [2.75, 3.05) is 0 Å². The van der Waals surface area contributed by atoms with Gasteiger partial charge < -0.3 is 10.1 Å². The van der Waals surface area contributed by atoms with Crippen LogP contribution in [0.4, 0.5) is 48.3 Å². The molecule has 0 aliphatic rings. The second-order valence-electron chi connectivity index (χ2n) is 9.99. The van der Waals surface area contributed by atoms with E-state index in [0.29, 0.717) is 12.1 Å². The fraction of sp³-hybridized carbons (Fsp3) is 0.345. The van der Waals surface area contributed by atoms with E-state index in [4.69, 9.17) is 4.74 Å². The zero-order chi connectivity index (χ0) is 32.4. The third-order valence-corrected chi connectivity index (χ3v) is 6.35. The Balaban J connectivity index is 2.36. The molecule has 3 aromatic rings. The molecule has 0 spiro atoms. The summed E-state index contributed by atoms with van der Waals surface area (Å²) in [6, 6.07) is 11.1. The van der Waals surface area contributed by atoms with E-state index in [0.717, 1.165) is 18.2 Å². The zero-order valence-electron chi connectivity index (χ0n) is 22.4. The van der Waals surface area contributed by atoms with Crippen molar-refractivity contribution in [3.63, 3.8) is 0 Å². The first-order chi connectivity index (χ1) is 19.7. The van der Waals surface area contributed by atoms with Gasteiger partial charge in [-0.2, -0.15) is 39.5 Å². The van der Waals surface area contributed by atoms with E-state index >= 15 is 0 Å². The number of hydrogen-bond donors (Lipinski definition) is 1. The summed E-state index contributed by atoms with van der Waals surface area (Å²) >= 11 is 0. The lowest BCUT2D eigenvalue weighted by Gasteiger charge is -2.38. The smallest absolute Gasteiger partial charge is 0.416 e. The number of carbonyl (C=O) groups excluding carboxylic acids is 1. The van der Waals surface area contributed by atoms with Crippen LogP contribution in [0, 0.1) is 17.6 Å². The SMILES string of the molecule is CC(C)Oc1cc(C(Cc2ccccc2)(NC(=O)CC(C(F)(F)F)C(F)(F)F)c2cc(F)cc(C(F)(F)F)c2)ccc1F. The second kappa shape index (κ2) is 12.4. The van der Waals surface area contributed by atoms with Crippen molar-refractivity contribution in [1.29, 1.82) is 0 Å². The Hall–Kier alpha value is -3.84. The van der Waals surface area contributed by atoms with Crippen LogP contribution in [-0.4, -0.2) is 24.4 Å². The van der Waals surface area contributed by atoms with E-state index in [1.165, 1.54) is 44.2 Å². The number of amides is 1. The maximum absolute atomic E-state index is 14.7. The molecule has 1 unspecified atom stereocenters. The molecule has 0 saturated heterocycles. The molecule has 3 aromatic carbocycles. The van der Waals surface area contributed by atoms with Crippen LogP contribution >= 0.6 is 0 Å². The van der Waals surface area contributed by atoms with Crippen molar-refractivity contribution in [3.8, 4) is 5.75 Å². The highest BCUT2D eigenvalue weighted by Gasteiger charge is 2.57. The van der Waals surface area contributed by atoms with Crippen LogP contribution < -0.4 is 10.1 Å². The first-order valence-corrected chi connectivity index (χ1v) is 12.6. The van der Waals surface area contributed by atoms with E-state index in [2.05, 4.69) is 0 Å². The van der Waals surface area contributed by atoms with Gasteiger partial charge in [0.2, 0.25) is 5.91 Å². The molecule has 3 rings (SSSR count). The van der Waals surface area contributed by atoms with Crippen molar-refractivity contribution >= 4 is 5.91 Å². The van der Waals surface area contributed by atoms with E-state index in [-0.39, 0.29) is 17.2 Å². The van der Waals surface area contributed by atoms with Crippen LogP contribution in [0.5, 0.6) is 5.75 Å². The molecule has 0 heterocycles. The van der Waals surface area contributed by atoms with Gasteiger partial charge in [0.05, 0.1) is 17.2 Å². The monoisotopic (exact) mass is 627 g/mol. The normalized spacial score (nSPS) is 14.1. The summed E-state index contributed by atoms with van der Waals surface area (Å²) in [6.07, 6.45) is -20.4. The van der Waals surface area contributed by atoms with Gasteiger partial charge in [0.25, 0.3) is 0 Å². The van der Waals surface area contributed by atoms with Gasteiger partial charge in [-0.1, -0.05) is 36.4 Å². The van der Waals surface area contributed by atoms with E-state index < -0.39 is 83.3 Å². The molecule has 1 atom stereocenters. The maximum atomic E-state index is 14.7. The Kier molecular flexibility index (Phi) is 9.71. The van der Waals surface area contributed by atoms with Crippen molar-refractivity contribution in [1.82, 2.24) is 5.32 Å². The van der Waals surface area contributed by atoms with E-state index in [1.807, 2.05) is 5.32 Å². The number of alkyl halides is 9. The molecule has 14 heteroatoms. The first kappa shape index (κ1) is 33.7. The molecule has 0 radical (unpaired) electrons. The minimum Gasteiger partial charge on any atom is -0.488 e. The molecule has 234 valence electrons. The molecular weight excluding hydrogens is 603 g/mol. The van der Waals surface area contributed by atoms with Crippen molar-refractivity contribution < 1.29 is 57.8 Å². The van der Waals surface area contributed by atoms with Crippen molar-refractivity contribution in [2.45, 2.75) is 56.9 Å². The predicted molar refractivity (Wildman–Crippen MR) is 133 cm³/mol. The summed E-state index contributed by atoms with van der Waals surface area (Å²) in [6.45, 7) is 3.00. The van der Waals surface area contributed by atoms with Gasteiger partial charge in [-0.15, -0.1) is 0 Å². The molecule has 1 amide bonds. The van der Waals surface area contributed by atoms with Crippen LogP contribution in [-0.2, 0) is 22.9 Å². The highest BCUT2D eigenvalue weighted by atomic mass is 19.4. The van der Waals surface area contributed by atoms with Gasteiger partial charge in [0, 0.05) is 12.8 Å². The largest absolute Gasteiger partial charge is 0.488 e. The number of benzene rings is 3. The molecule has 0 aliphatic heterocycles. The number of hydrogen-bond acceptors (Lipinski definition) is 2. The number of halogens is 11. The third-order valence-electron chi connectivity index (χ3n) is 6.35. The molecule has 0 fully saturated rings. The van der Waals surface area contributed by atoms with Gasteiger partial charge in [0.15, 0.2) is 17.5 Å². The summed E-state index contributed by atoms with van der Waals surface area (Å²) in [5.74, 6) is -8.93. The highest BCUT2D eigenvalue weighted by molar-refractivity contribution is 5.78. The van der Waals surface area contributed by atoms with Crippen molar-refractivity contribution in [3.05, 3.63) is 101 Å². The van der Waals surface area contributed by atoms with Gasteiger partial charge in [0.1, 0.15) is 5.82 Å². The molecule has 0 saturated carbocycles. The Bertz CT molecular complexity index is 1400. The third kappa shape index (κ3) is 8.38. The lowest BCUT2D eigenvalue weighted by Crippen LogP contribution is -2.51. The average molecular weight is 627 g/mol. The van der Waals surface area contributed by atoms with Crippen LogP contribution in [0.3, 0.4) is 0 Å². The number of carbonyl (C=O) groups is 1. The highest BCUT2D eigenvalue weighted by Crippen LogP contribution is 2.43. The maximum Gasteiger partial charge on any atom is 0.416 e. The van der Waals surface area contributed by atoms with Gasteiger partial charge in [-0.05, 0) is 60.9 Å². The molecular formula is C29H24F11NO2. The summed E-state index contributed by atoms with van der Waals surface area (Å²) < 4.78 is 156. The van der Waals surface area contributed by atoms with Crippen LogP contribution in [0.25, 0.3) is 0 Å². The second-order valence-corrected chi connectivity index (χ2v) is 9.99. The Morgan fingerprint density at radius 1 is 0.767 bits per heavy atom. The summed E-state index contributed by atoms with van der Waals surface area (Å²) in [5, 5.41) is 2.04.